The van der Waals surface area contributed by atoms with Crippen molar-refractivity contribution in [3.63, 3.8) is 0 Å². The largest absolute Gasteiger partial charge is 0.475 e. The molecule has 1 aromatic heterocycles. The third kappa shape index (κ3) is 3.15. The smallest absolute Gasteiger partial charge is 0.213 e. The van der Waals surface area contributed by atoms with Crippen molar-refractivity contribution in [1.29, 1.82) is 0 Å². The lowest BCUT2D eigenvalue weighted by Gasteiger charge is -2.32. The topological polar surface area (TPSA) is 43.4 Å². The van der Waals surface area contributed by atoms with Crippen LogP contribution in [0.15, 0.2) is 54.7 Å². The van der Waals surface area contributed by atoms with Crippen LogP contribution in [0.2, 0.25) is 0 Å². The Labute approximate surface area is 118 Å². The van der Waals surface area contributed by atoms with Gasteiger partial charge >= 0.3 is 0 Å². The van der Waals surface area contributed by atoms with Crippen molar-refractivity contribution in [2.75, 3.05) is 19.8 Å². The maximum atomic E-state index is 5.85. The number of rotatable bonds is 4. The highest BCUT2D eigenvalue weighted by Crippen LogP contribution is 2.22. The molecule has 4 heteroatoms. The van der Waals surface area contributed by atoms with Crippen LogP contribution in [0.5, 0.6) is 5.88 Å². The van der Waals surface area contributed by atoms with Crippen LogP contribution in [-0.2, 0) is 4.74 Å². The van der Waals surface area contributed by atoms with E-state index in [1.165, 1.54) is 5.56 Å². The van der Waals surface area contributed by atoms with Crippen molar-refractivity contribution in [3.8, 4) is 5.88 Å². The number of benzene rings is 1. The summed E-state index contributed by atoms with van der Waals surface area (Å²) in [5, 5.41) is 3.50. The van der Waals surface area contributed by atoms with E-state index in [-0.39, 0.29) is 12.1 Å². The summed E-state index contributed by atoms with van der Waals surface area (Å²) in [4.78, 5) is 4.16. The number of hydrogen-bond acceptors (Lipinski definition) is 4. The molecule has 0 unspecified atom stereocenters. The van der Waals surface area contributed by atoms with Gasteiger partial charge in [0.1, 0.15) is 12.7 Å². The summed E-state index contributed by atoms with van der Waals surface area (Å²) in [5.41, 5.74) is 1.22. The number of nitrogens with zero attached hydrogens (tertiary/aromatic N) is 1. The van der Waals surface area contributed by atoms with Gasteiger partial charge < -0.3 is 14.8 Å². The van der Waals surface area contributed by atoms with Crippen molar-refractivity contribution >= 4 is 0 Å². The molecule has 0 amide bonds. The Bertz CT molecular complexity index is 519. The Kier molecular flexibility index (Phi) is 4.25. The van der Waals surface area contributed by atoms with E-state index >= 15 is 0 Å². The van der Waals surface area contributed by atoms with Crippen LogP contribution in [0.1, 0.15) is 11.6 Å². The molecule has 0 radical (unpaired) electrons. The fourth-order valence-corrected chi connectivity index (χ4v) is 2.39. The molecule has 3 rings (SSSR count). The van der Waals surface area contributed by atoms with Crippen molar-refractivity contribution in [1.82, 2.24) is 10.3 Å². The second kappa shape index (κ2) is 6.50. The molecule has 1 aromatic carbocycles. The van der Waals surface area contributed by atoms with E-state index in [4.69, 9.17) is 9.47 Å². The van der Waals surface area contributed by atoms with Crippen molar-refractivity contribution < 1.29 is 9.47 Å². The third-order valence-corrected chi connectivity index (χ3v) is 3.36. The summed E-state index contributed by atoms with van der Waals surface area (Å²) in [5.74, 6) is 0.633. The normalized spacial score (nSPS) is 22.4. The van der Waals surface area contributed by atoms with Crippen LogP contribution in [0.25, 0.3) is 0 Å². The van der Waals surface area contributed by atoms with Gasteiger partial charge in [0.15, 0.2) is 0 Å². The Morgan fingerprint density at radius 2 is 2.00 bits per heavy atom. The van der Waals surface area contributed by atoms with Crippen LogP contribution in [-0.4, -0.2) is 30.8 Å². The van der Waals surface area contributed by atoms with E-state index in [0.29, 0.717) is 19.1 Å². The lowest BCUT2D eigenvalue weighted by Crippen LogP contribution is -2.44. The number of ether oxygens (including phenoxy) is 2. The summed E-state index contributed by atoms with van der Waals surface area (Å²) in [6, 6.07) is 16.1. The Morgan fingerprint density at radius 3 is 2.80 bits per heavy atom. The standard InChI is InChI=1S/C16H18N2O2/c1-2-6-13(7-3-1)16-14(19-11-10-18-16)12-20-15-8-4-5-9-17-15/h1-9,14,16,18H,10-12H2/t14-,16-/m0/s1. The monoisotopic (exact) mass is 270 g/mol. The summed E-state index contributed by atoms with van der Waals surface area (Å²) in [7, 11) is 0. The molecule has 2 heterocycles. The van der Waals surface area contributed by atoms with Gasteiger partial charge in [0, 0.05) is 18.8 Å². The predicted octanol–water partition coefficient (Wildman–Crippen LogP) is 2.19. The number of aromatic nitrogens is 1. The minimum Gasteiger partial charge on any atom is -0.475 e. The van der Waals surface area contributed by atoms with Gasteiger partial charge in [-0.1, -0.05) is 36.4 Å². The fraction of sp³-hybridized carbons (Fsp3) is 0.312. The molecule has 4 nitrogen and oxygen atoms in total. The lowest BCUT2D eigenvalue weighted by atomic mass is 10.0. The summed E-state index contributed by atoms with van der Waals surface area (Å²) in [6.45, 7) is 2.06. The molecule has 2 aromatic rings. The molecular weight excluding hydrogens is 252 g/mol. The first-order chi connectivity index (χ1) is 9.93. The fourth-order valence-electron chi connectivity index (χ4n) is 2.39. The zero-order chi connectivity index (χ0) is 13.6. The number of pyridine rings is 1. The second-order valence-electron chi connectivity index (χ2n) is 4.73. The van der Waals surface area contributed by atoms with Gasteiger partial charge in [0.25, 0.3) is 0 Å². The van der Waals surface area contributed by atoms with E-state index in [1.807, 2.05) is 36.4 Å². The van der Waals surface area contributed by atoms with E-state index in [2.05, 4.69) is 22.4 Å². The zero-order valence-electron chi connectivity index (χ0n) is 11.2. The molecular formula is C16H18N2O2. The van der Waals surface area contributed by atoms with Crippen LogP contribution in [0, 0.1) is 0 Å². The molecule has 0 aliphatic carbocycles. The zero-order valence-corrected chi connectivity index (χ0v) is 11.2. The first-order valence-electron chi connectivity index (χ1n) is 6.87. The van der Waals surface area contributed by atoms with Gasteiger partial charge in [-0.05, 0) is 11.6 Å². The van der Waals surface area contributed by atoms with Gasteiger partial charge in [0.2, 0.25) is 5.88 Å². The Hall–Kier alpha value is -1.91. The Balaban J connectivity index is 1.67. The molecule has 104 valence electrons. The third-order valence-electron chi connectivity index (χ3n) is 3.36. The Morgan fingerprint density at radius 1 is 1.15 bits per heavy atom. The molecule has 0 spiro atoms. The molecule has 1 saturated heterocycles. The SMILES string of the molecule is c1ccc([C@@H]2NCCO[C@H]2COc2ccccn2)cc1. The predicted molar refractivity (Wildman–Crippen MR) is 76.7 cm³/mol. The molecule has 20 heavy (non-hydrogen) atoms. The molecule has 0 saturated carbocycles. The molecule has 1 fully saturated rings. The van der Waals surface area contributed by atoms with Crippen molar-refractivity contribution in [2.45, 2.75) is 12.1 Å². The molecule has 2 atom stereocenters. The highest BCUT2D eigenvalue weighted by atomic mass is 16.5. The highest BCUT2D eigenvalue weighted by molar-refractivity contribution is 5.21. The van der Waals surface area contributed by atoms with Gasteiger partial charge in [-0.3, -0.25) is 0 Å². The van der Waals surface area contributed by atoms with Crippen LogP contribution >= 0.6 is 0 Å². The van der Waals surface area contributed by atoms with Crippen molar-refractivity contribution in [3.05, 3.63) is 60.3 Å². The average Bonchev–Trinajstić information content (AvgIpc) is 2.55. The maximum absolute atomic E-state index is 5.85. The lowest BCUT2D eigenvalue weighted by molar-refractivity contribution is -0.0306. The van der Waals surface area contributed by atoms with Gasteiger partial charge in [-0.15, -0.1) is 0 Å². The number of nitrogens with one attached hydrogen (secondary N) is 1. The van der Waals surface area contributed by atoms with Gasteiger partial charge in [-0.25, -0.2) is 4.98 Å². The van der Waals surface area contributed by atoms with Crippen LogP contribution in [0.4, 0.5) is 0 Å². The quantitative estimate of drug-likeness (QED) is 0.925. The first-order valence-corrected chi connectivity index (χ1v) is 6.87. The molecule has 1 aliphatic heterocycles. The molecule has 0 bridgehead atoms. The average molecular weight is 270 g/mol. The molecule has 1 aliphatic rings. The maximum Gasteiger partial charge on any atom is 0.213 e. The number of hydrogen-bond donors (Lipinski definition) is 1. The first kappa shape index (κ1) is 13.1. The molecule has 1 N–H and O–H groups in total. The minimum absolute atomic E-state index is 0.00634. The van der Waals surface area contributed by atoms with E-state index in [9.17, 15) is 0 Å². The minimum atomic E-state index is -0.00634. The van der Waals surface area contributed by atoms with Crippen LogP contribution in [0.3, 0.4) is 0 Å². The summed E-state index contributed by atoms with van der Waals surface area (Å²) < 4.78 is 11.6. The summed E-state index contributed by atoms with van der Waals surface area (Å²) >= 11 is 0. The van der Waals surface area contributed by atoms with E-state index < -0.39 is 0 Å². The summed E-state index contributed by atoms with van der Waals surface area (Å²) in [6.07, 6.45) is 1.72. The van der Waals surface area contributed by atoms with Crippen molar-refractivity contribution in [2.24, 2.45) is 0 Å². The second-order valence-corrected chi connectivity index (χ2v) is 4.73. The van der Waals surface area contributed by atoms with Gasteiger partial charge in [-0.2, -0.15) is 0 Å². The van der Waals surface area contributed by atoms with E-state index in [0.717, 1.165) is 6.54 Å². The van der Waals surface area contributed by atoms with E-state index in [1.54, 1.807) is 6.20 Å². The number of morpholine rings is 1. The van der Waals surface area contributed by atoms with Gasteiger partial charge in [0.05, 0.1) is 12.6 Å². The van der Waals surface area contributed by atoms with Crippen LogP contribution < -0.4 is 10.1 Å². The highest BCUT2D eigenvalue weighted by Gasteiger charge is 2.27.